The van der Waals surface area contributed by atoms with Crippen molar-refractivity contribution in [2.75, 3.05) is 18.0 Å². The summed E-state index contributed by atoms with van der Waals surface area (Å²) in [5.74, 6) is 0.901. The molecule has 0 bridgehead atoms. The maximum Gasteiger partial charge on any atom is 0.120 e. The summed E-state index contributed by atoms with van der Waals surface area (Å²) >= 11 is 1.66. The zero-order chi connectivity index (χ0) is 17.9. The van der Waals surface area contributed by atoms with Crippen molar-refractivity contribution in [3.8, 4) is 5.75 Å². The molecule has 134 valence electrons. The highest BCUT2D eigenvalue weighted by molar-refractivity contribution is 7.99. The quantitative estimate of drug-likeness (QED) is 0.696. The third kappa shape index (κ3) is 4.61. The molecule has 0 spiro atoms. The molecule has 0 radical (unpaired) electrons. The molecule has 2 aromatic carbocycles. The number of nitrogens with two attached hydrogens (primary N) is 2. The number of hydrogen-bond acceptors (Lipinski definition) is 5. The summed E-state index contributed by atoms with van der Waals surface area (Å²) < 4.78 is 6.27. The van der Waals surface area contributed by atoms with Crippen molar-refractivity contribution in [1.82, 2.24) is 5.32 Å². The van der Waals surface area contributed by atoms with Crippen molar-refractivity contribution < 1.29 is 4.74 Å². The number of ether oxygens (including phenoxy) is 1. The molecule has 1 fully saturated rings. The van der Waals surface area contributed by atoms with Crippen LogP contribution >= 0.6 is 11.8 Å². The summed E-state index contributed by atoms with van der Waals surface area (Å²) in [6, 6.07) is 14.4. The monoisotopic (exact) mass is 357 g/mol. The number of benzene rings is 2. The van der Waals surface area contributed by atoms with Gasteiger partial charge < -0.3 is 21.5 Å². The Balaban J connectivity index is 1.64. The minimum absolute atomic E-state index is 0.222. The minimum Gasteiger partial charge on any atom is -0.486 e. The van der Waals surface area contributed by atoms with E-state index >= 15 is 0 Å². The highest BCUT2D eigenvalue weighted by Gasteiger charge is 2.32. The Morgan fingerprint density at radius 2 is 1.72 bits per heavy atom. The lowest BCUT2D eigenvalue weighted by atomic mass is 9.91. The van der Waals surface area contributed by atoms with Gasteiger partial charge in [-0.3, -0.25) is 0 Å². The van der Waals surface area contributed by atoms with Gasteiger partial charge in [-0.15, -0.1) is 0 Å². The molecule has 3 rings (SSSR count). The van der Waals surface area contributed by atoms with Gasteiger partial charge in [-0.25, -0.2) is 0 Å². The number of nitrogens with one attached hydrogen (secondary N) is 1. The third-order valence-electron chi connectivity index (χ3n) is 4.65. The van der Waals surface area contributed by atoms with Crippen LogP contribution in [0.4, 0.5) is 11.4 Å². The van der Waals surface area contributed by atoms with Gasteiger partial charge >= 0.3 is 0 Å². The van der Waals surface area contributed by atoms with E-state index in [1.165, 1.54) is 19.3 Å². The van der Waals surface area contributed by atoms with E-state index in [1.807, 2.05) is 30.3 Å². The van der Waals surface area contributed by atoms with E-state index in [9.17, 15) is 0 Å². The molecule has 0 aromatic heterocycles. The SMILES string of the molecule is CC(C)(Oc1ccc(Sc2ccc(N)c(N)c2)cc1)C1CCCCN1. The van der Waals surface area contributed by atoms with Crippen LogP contribution in [-0.4, -0.2) is 18.2 Å². The van der Waals surface area contributed by atoms with Crippen LogP contribution in [0.2, 0.25) is 0 Å². The first-order chi connectivity index (χ1) is 11.9. The Bertz CT molecular complexity index is 709. The van der Waals surface area contributed by atoms with Crippen LogP contribution in [0.3, 0.4) is 0 Å². The predicted molar refractivity (Wildman–Crippen MR) is 106 cm³/mol. The smallest absolute Gasteiger partial charge is 0.120 e. The summed E-state index contributed by atoms with van der Waals surface area (Å²) in [5, 5.41) is 3.58. The van der Waals surface area contributed by atoms with E-state index in [-0.39, 0.29) is 5.60 Å². The van der Waals surface area contributed by atoms with Crippen LogP contribution in [-0.2, 0) is 0 Å². The molecule has 4 nitrogen and oxygen atoms in total. The Hall–Kier alpha value is -1.85. The number of hydrogen-bond donors (Lipinski definition) is 3. The van der Waals surface area contributed by atoms with Crippen LogP contribution in [0.5, 0.6) is 5.75 Å². The summed E-state index contributed by atoms with van der Waals surface area (Å²) in [4.78, 5) is 2.22. The predicted octanol–water partition coefficient (Wildman–Crippen LogP) is 4.30. The molecule has 5 heteroatoms. The zero-order valence-electron chi connectivity index (χ0n) is 14.9. The van der Waals surface area contributed by atoms with Crippen LogP contribution in [0, 0.1) is 0 Å². The van der Waals surface area contributed by atoms with Gasteiger partial charge in [0.25, 0.3) is 0 Å². The molecule has 0 saturated carbocycles. The molecule has 25 heavy (non-hydrogen) atoms. The fraction of sp³-hybridized carbons (Fsp3) is 0.400. The van der Waals surface area contributed by atoms with Crippen LogP contribution in [0.1, 0.15) is 33.1 Å². The van der Waals surface area contributed by atoms with E-state index in [0.29, 0.717) is 17.4 Å². The lowest BCUT2D eigenvalue weighted by Gasteiger charge is -2.38. The van der Waals surface area contributed by atoms with Gasteiger partial charge in [-0.05, 0) is 75.7 Å². The van der Waals surface area contributed by atoms with Gasteiger partial charge in [-0.1, -0.05) is 18.2 Å². The molecule has 1 saturated heterocycles. The van der Waals surface area contributed by atoms with Crippen molar-refractivity contribution in [3.63, 3.8) is 0 Å². The van der Waals surface area contributed by atoms with Gasteiger partial charge in [0.1, 0.15) is 11.4 Å². The molecular formula is C20H27N3OS. The van der Waals surface area contributed by atoms with Crippen molar-refractivity contribution in [2.45, 2.75) is 54.5 Å². The van der Waals surface area contributed by atoms with E-state index in [1.54, 1.807) is 11.8 Å². The highest BCUT2D eigenvalue weighted by atomic mass is 32.2. The lowest BCUT2D eigenvalue weighted by Crippen LogP contribution is -2.52. The molecule has 1 atom stereocenters. The van der Waals surface area contributed by atoms with Gasteiger partial charge in [-0.2, -0.15) is 0 Å². The third-order valence-corrected chi connectivity index (χ3v) is 5.65. The van der Waals surface area contributed by atoms with E-state index in [4.69, 9.17) is 16.2 Å². The van der Waals surface area contributed by atoms with E-state index in [0.717, 1.165) is 22.1 Å². The topological polar surface area (TPSA) is 73.3 Å². The molecule has 1 aliphatic rings. The molecule has 1 unspecified atom stereocenters. The summed E-state index contributed by atoms with van der Waals surface area (Å²) in [6.45, 7) is 5.41. The first-order valence-corrected chi connectivity index (χ1v) is 9.61. The molecule has 1 heterocycles. The first-order valence-electron chi connectivity index (χ1n) is 8.79. The van der Waals surface area contributed by atoms with Gasteiger partial charge in [0.2, 0.25) is 0 Å². The minimum atomic E-state index is -0.222. The van der Waals surface area contributed by atoms with E-state index in [2.05, 4.69) is 31.3 Å². The second kappa shape index (κ2) is 7.58. The van der Waals surface area contributed by atoms with Crippen molar-refractivity contribution >= 4 is 23.1 Å². The Morgan fingerprint density at radius 3 is 2.36 bits per heavy atom. The van der Waals surface area contributed by atoms with Crippen molar-refractivity contribution in [3.05, 3.63) is 42.5 Å². The van der Waals surface area contributed by atoms with Gasteiger partial charge in [0, 0.05) is 15.8 Å². The molecule has 0 amide bonds. The molecule has 5 N–H and O–H groups in total. The largest absolute Gasteiger partial charge is 0.486 e. The lowest BCUT2D eigenvalue weighted by molar-refractivity contribution is 0.0529. The maximum absolute atomic E-state index is 6.27. The highest BCUT2D eigenvalue weighted by Crippen LogP contribution is 2.33. The summed E-state index contributed by atoms with van der Waals surface area (Å²) in [7, 11) is 0. The molecule has 1 aliphatic heterocycles. The second-order valence-electron chi connectivity index (χ2n) is 7.07. The molecular weight excluding hydrogens is 330 g/mol. The van der Waals surface area contributed by atoms with Crippen molar-refractivity contribution in [1.29, 1.82) is 0 Å². The Kier molecular flexibility index (Phi) is 5.45. The fourth-order valence-corrected chi connectivity index (χ4v) is 4.01. The Morgan fingerprint density at radius 1 is 1.00 bits per heavy atom. The number of anilines is 2. The number of rotatable bonds is 5. The fourth-order valence-electron chi connectivity index (χ4n) is 3.15. The zero-order valence-corrected chi connectivity index (χ0v) is 15.7. The average molecular weight is 358 g/mol. The van der Waals surface area contributed by atoms with Gasteiger partial charge in [0.05, 0.1) is 11.4 Å². The van der Waals surface area contributed by atoms with Crippen LogP contribution in [0.25, 0.3) is 0 Å². The van der Waals surface area contributed by atoms with Gasteiger partial charge in [0.15, 0.2) is 0 Å². The standard InChI is InChI=1S/C20H27N3OS/c1-20(2,19-5-3-4-12-23-19)24-14-6-8-15(9-7-14)25-16-10-11-17(21)18(22)13-16/h6-11,13,19,23H,3-5,12,21-22H2,1-2H3. The molecule has 2 aromatic rings. The second-order valence-corrected chi connectivity index (χ2v) is 8.22. The van der Waals surface area contributed by atoms with E-state index < -0.39 is 0 Å². The number of nitrogen functional groups attached to an aromatic ring is 2. The average Bonchev–Trinajstić information content (AvgIpc) is 2.60. The summed E-state index contributed by atoms with van der Waals surface area (Å²) in [6.07, 6.45) is 3.69. The number of piperidine rings is 1. The first kappa shape index (κ1) is 18.0. The normalized spacial score (nSPS) is 18.1. The molecule has 0 aliphatic carbocycles. The summed E-state index contributed by atoms with van der Waals surface area (Å²) in [5.41, 5.74) is 12.7. The van der Waals surface area contributed by atoms with Crippen LogP contribution in [0.15, 0.2) is 52.3 Å². The van der Waals surface area contributed by atoms with Crippen molar-refractivity contribution in [2.24, 2.45) is 0 Å². The Labute approximate surface area is 154 Å². The van der Waals surface area contributed by atoms with Crippen LogP contribution < -0.4 is 21.5 Å². The maximum atomic E-state index is 6.27.